The first-order chi connectivity index (χ1) is 40.7. The molecule has 7 nitrogen and oxygen atoms in total. The summed E-state index contributed by atoms with van der Waals surface area (Å²) in [5, 5.41) is 8.60. The fraction of sp³-hybridized carbons (Fsp3) is 0.0267. The van der Waals surface area contributed by atoms with Crippen molar-refractivity contribution in [1.29, 1.82) is 0 Å². The van der Waals surface area contributed by atoms with Crippen LogP contribution in [0, 0.1) is 0 Å². The molecule has 7 aromatic heterocycles. The van der Waals surface area contributed by atoms with Crippen molar-refractivity contribution in [2.24, 2.45) is 0 Å². The smallest absolute Gasteiger partial charge is 0.0894 e. The van der Waals surface area contributed by atoms with Crippen LogP contribution in [-0.4, -0.2) is 33.2 Å². The quantitative estimate of drug-likeness (QED) is 0.152. The van der Waals surface area contributed by atoms with Crippen molar-refractivity contribution < 1.29 is 0 Å². The van der Waals surface area contributed by atoms with Crippen LogP contribution in [-0.2, 0) is 6.42 Å². The van der Waals surface area contributed by atoms with Gasteiger partial charge in [0.2, 0.25) is 0 Å². The van der Waals surface area contributed by atoms with Crippen LogP contribution in [0.25, 0.3) is 150 Å². The number of pyridine rings is 3. The molecule has 1 aliphatic carbocycles. The van der Waals surface area contributed by atoms with E-state index in [9.17, 15) is 0 Å². The number of aryl methyl sites for hydroxylation is 1. The second kappa shape index (κ2) is 18.3. The molecule has 0 aliphatic heterocycles. The van der Waals surface area contributed by atoms with E-state index in [1.54, 1.807) is 0 Å². The number of rotatable bonds is 8. The lowest BCUT2D eigenvalue weighted by atomic mass is 10.0. The minimum Gasteiger partial charge on any atom is -0.309 e. The zero-order valence-electron chi connectivity index (χ0n) is 44.5. The Labute approximate surface area is 472 Å². The van der Waals surface area contributed by atoms with Crippen LogP contribution < -0.4 is 0 Å². The fourth-order valence-corrected chi connectivity index (χ4v) is 13.3. The van der Waals surface area contributed by atoms with Gasteiger partial charge in [-0.3, -0.25) is 0 Å². The lowest BCUT2D eigenvalue weighted by molar-refractivity contribution is 0.966. The number of para-hydroxylation sites is 7. The van der Waals surface area contributed by atoms with Gasteiger partial charge >= 0.3 is 0 Å². The van der Waals surface area contributed by atoms with Crippen molar-refractivity contribution in [2.75, 3.05) is 0 Å². The van der Waals surface area contributed by atoms with Gasteiger partial charge in [-0.1, -0.05) is 152 Å². The van der Waals surface area contributed by atoms with E-state index in [0.717, 1.165) is 114 Å². The lowest BCUT2D eigenvalue weighted by Crippen LogP contribution is -2.03. The molecule has 0 amide bonds. The first-order valence-electron chi connectivity index (χ1n) is 28.1. The van der Waals surface area contributed by atoms with Gasteiger partial charge in [0.25, 0.3) is 0 Å². The number of fused-ring (bicyclic) bond motifs is 12. The molecule has 17 rings (SSSR count). The molecule has 0 radical (unpaired) electrons. The van der Waals surface area contributed by atoms with E-state index in [-0.39, 0.29) is 0 Å². The predicted molar refractivity (Wildman–Crippen MR) is 339 cm³/mol. The van der Waals surface area contributed by atoms with Crippen molar-refractivity contribution in [3.05, 3.63) is 278 Å². The summed E-state index contributed by atoms with van der Waals surface area (Å²) in [5.74, 6) is 0. The highest BCUT2D eigenvalue weighted by Crippen LogP contribution is 2.41. The second-order valence-corrected chi connectivity index (χ2v) is 21.5. The maximum Gasteiger partial charge on any atom is 0.0894 e. The minimum atomic E-state index is 0.765. The van der Waals surface area contributed by atoms with Gasteiger partial charge in [0.1, 0.15) is 0 Å². The number of nitrogens with zero attached hydrogens (tertiary/aromatic N) is 7. The molecule has 384 valence electrons. The van der Waals surface area contributed by atoms with Gasteiger partial charge in [-0.25, -0.2) is 15.0 Å². The van der Waals surface area contributed by atoms with Gasteiger partial charge in [0.05, 0.1) is 72.8 Å². The van der Waals surface area contributed by atoms with E-state index in [0.29, 0.717) is 0 Å². The average molecular weight is 1050 g/mol. The molecule has 0 fully saturated rings. The Bertz CT molecular complexity index is 5020. The first kappa shape index (κ1) is 46.1. The normalized spacial score (nSPS) is 12.5. The van der Waals surface area contributed by atoms with E-state index in [1.807, 2.05) is 0 Å². The number of hydrogen-bond donors (Lipinski definition) is 0. The highest BCUT2D eigenvalue weighted by molar-refractivity contribution is 6.12. The summed E-state index contributed by atoms with van der Waals surface area (Å²) in [5.41, 5.74) is 21.8. The van der Waals surface area contributed by atoms with Crippen LogP contribution in [0.15, 0.2) is 267 Å². The minimum absolute atomic E-state index is 0.765. The summed E-state index contributed by atoms with van der Waals surface area (Å²) in [4.78, 5) is 16.3. The Balaban J connectivity index is 0.801. The molecular formula is C75H49N7. The molecule has 0 unspecified atom stereocenters. The number of aromatic nitrogens is 7. The van der Waals surface area contributed by atoms with Gasteiger partial charge in [0.15, 0.2) is 0 Å². The Morgan fingerprint density at radius 1 is 0.256 bits per heavy atom. The summed E-state index contributed by atoms with van der Waals surface area (Å²) in [6, 6.07) is 93.7. The fourth-order valence-electron chi connectivity index (χ4n) is 13.3. The van der Waals surface area contributed by atoms with Crippen LogP contribution in [0.5, 0.6) is 0 Å². The van der Waals surface area contributed by atoms with E-state index in [1.165, 1.54) is 54.5 Å². The maximum absolute atomic E-state index is 5.47. The van der Waals surface area contributed by atoms with Crippen LogP contribution in [0.3, 0.4) is 0 Å². The molecule has 0 saturated heterocycles. The molecule has 7 heteroatoms. The molecule has 7 heterocycles. The van der Waals surface area contributed by atoms with Crippen LogP contribution in [0.2, 0.25) is 0 Å². The molecule has 0 spiro atoms. The summed E-state index contributed by atoms with van der Waals surface area (Å²) in [6.07, 6.45) is 6.66. The number of benzene rings is 9. The maximum atomic E-state index is 5.47. The van der Waals surface area contributed by atoms with E-state index >= 15 is 0 Å². The first-order valence-corrected chi connectivity index (χ1v) is 28.1. The Morgan fingerprint density at radius 2 is 0.537 bits per heavy atom. The van der Waals surface area contributed by atoms with Crippen molar-refractivity contribution in [3.8, 4) is 68.0 Å². The van der Waals surface area contributed by atoms with Crippen LogP contribution in [0.4, 0.5) is 0 Å². The van der Waals surface area contributed by atoms with Gasteiger partial charge in [-0.2, -0.15) is 0 Å². The van der Waals surface area contributed by atoms with Gasteiger partial charge < -0.3 is 18.3 Å². The van der Waals surface area contributed by atoms with E-state index in [2.05, 4.69) is 291 Å². The largest absolute Gasteiger partial charge is 0.309 e. The van der Waals surface area contributed by atoms with Gasteiger partial charge in [-0.05, 0) is 140 Å². The SMILES string of the molecule is C1=Cc2c(c3ccccc3n2-c2cc(-c3cccc(-c4cccc(-c5cccc(-c6cc(-n7c8ccccc8c8ccccc87)cc(-n7c8ccccc8c8ccccc87)c6)n5)n4)n3)cc(-n3c4ccccc4c4ccccc43)c2)CC1. The molecule has 0 atom stereocenters. The highest BCUT2D eigenvalue weighted by atomic mass is 15.0. The van der Waals surface area contributed by atoms with Crippen LogP contribution >= 0.6 is 0 Å². The number of hydrogen-bond acceptors (Lipinski definition) is 3. The van der Waals surface area contributed by atoms with Crippen molar-refractivity contribution in [3.63, 3.8) is 0 Å². The summed E-state index contributed by atoms with van der Waals surface area (Å²) < 4.78 is 9.66. The summed E-state index contributed by atoms with van der Waals surface area (Å²) >= 11 is 0. The highest BCUT2D eigenvalue weighted by Gasteiger charge is 2.23. The lowest BCUT2D eigenvalue weighted by Gasteiger charge is -2.17. The summed E-state index contributed by atoms with van der Waals surface area (Å²) in [6.45, 7) is 0. The number of allylic oxidation sites excluding steroid dienone is 1. The zero-order chi connectivity index (χ0) is 53.8. The van der Waals surface area contributed by atoms with Crippen molar-refractivity contribution in [1.82, 2.24) is 33.2 Å². The third-order valence-electron chi connectivity index (χ3n) is 16.8. The zero-order valence-corrected chi connectivity index (χ0v) is 44.5. The standard InChI is InChI=1S/C75H49N7/c1-9-34-68-54(20-1)55-21-2-10-35-69(55)79(68)50-42-48(43-51(46-50)80-70-36-11-3-22-56(70)57-23-4-12-37-71(57)80)62-28-17-30-64(76-62)66-32-19-33-67(78-66)65-31-18-29-63(77-65)49-44-52(81-72-38-13-5-24-58(72)59-25-6-14-39-73(59)81)47-53(45-49)82-74-40-15-7-26-60(74)61-27-8-16-41-75(61)82/h1-7,9-26,28-47H,8,27H2. The van der Waals surface area contributed by atoms with Crippen LogP contribution in [0.1, 0.15) is 17.7 Å². The monoisotopic (exact) mass is 1050 g/mol. The van der Waals surface area contributed by atoms with E-state index < -0.39 is 0 Å². The Morgan fingerprint density at radius 3 is 0.890 bits per heavy atom. The van der Waals surface area contributed by atoms with Gasteiger partial charge in [-0.15, -0.1) is 0 Å². The second-order valence-electron chi connectivity index (χ2n) is 21.5. The molecule has 0 bridgehead atoms. The van der Waals surface area contributed by atoms with Crippen molar-refractivity contribution in [2.45, 2.75) is 12.8 Å². The average Bonchev–Trinajstić information content (AvgIpc) is 4.49. The van der Waals surface area contributed by atoms with Gasteiger partial charge in [0, 0.05) is 77.3 Å². The van der Waals surface area contributed by atoms with Crippen molar-refractivity contribution >= 4 is 82.4 Å². The summed E-state index contributed by atoms with van der Waals surface area (Å²) in [7, 11) is 0. The Kier molecular flexibility index (Phi) is 10.3. The Hall–Kier alpha value is -10.9. The molecule has 82 heavy (non-hydrogen) atoms. The molecule has 16 aromatic rings. The molecule has 0 N–H and O–H groups in total. The molecule has 1 aliphatic rings. The third kappa shape index (κ3) is 7.19. The predicted octanol–water partition coefficient (Wildman–Crippen LogP) is 18.7. The molecular weight excluding hydrogens is 999 g/mol. The topological polar surface area (TPSA) is 58.4 Å². The molecule has 0 saturated carbocycles. The van der Waals surface area contributed by atoms with E-state index in [4.69, 9.17) is 15.0 Å². The molecule has 9 aromatic carbocycles. The third-order valence-corrected chi connectivity index (χ3v) is 16.8.